The molecule has 4 heteroatoms. The highest BCUT2D eigenvalue weighted by Gasteiger charge is 2.35. The van der Waals surface area contributed by atoms with E-state index in [1.54, 1.807) is 4.90 Å². The third kappa shape index (κ3) is 2.98. The average Bonchev–Trinajstić information content (AvgIpc) is 3.16. The number of benzene rings is 1. The molecule has 0 unspecified atom stereocenters. The molecule has 1 N–H and O–H groups in total. The first-order valence-electron chi connectivity index (χ1n) is 7.46. The molecule has 2 aliphatic heterocycles. The predicted molar refractivity (Wildman–Crippen MR) is 81.2 cm³/mol. The molecule has 1 amide bonds. The second kappa shape index (κ2) is 6.11. The Labute approximate surface area is 125 Å². The van der Waals surface area contributed by atoms with Gasteiger partial charge in [0, 0.05) is 13.1 Å². The van der Waals surface area contributed by atoms with Crippen molar-refractivity contribution in [2.45, 2.75) is 31.3 Å². The smallest absolute Gasteiger partial charge is 0.241 e. The first kappa shape index (κ1) is 13.8. The van der Waals surface area contributed by atoms with Crippen molar-refractivity contribution in [2.24, 2.45) is 0 Å². The Morgan fingerprint density at radius 3 is 2.95 bits per heavy atom. The summed E-state index contributed by atoms with van der Waals surface area (Å²) in [6.07, 6.45) is 4.62. The van der Waals surface area contributed by atoms with Gasteiger partial charge in [-0.25, -0.2) is 0 Å². The first-order chi connectivity index (χ1) is 10.3. The van der Waals surface area contributed by atoms with Gasteiger partial charge in [0.1, 0.15) is 6.04 Å². The molecule has 2 aliphatic rings. The number of nitrogens with one attached hydrogen (secondary N) is 1. The van der Waals surface area contributed by atoms with Gasteiger partial charge in [0.05, 0.1) is 12.1 Å². The van der Waals surface area contributed by atoms with E-state index >= 15 is 0 Å². The lowest BCUT2D eigenvalue weighted by atomic mass is 10.1. The fourth-order valence-corrected chi connectivity index (χ4v) is 3.10. The molecule has 1 aromatic rings. The van der Waals surface area contributed by atoms with Gasteiger partial charge in [-0.2, -0.15) is 5.26 Å². The van der Waals surface area contributed by atoms with Crippen molar-refractivity contribution in [1.82, 2.24) is 10.2 Å². The molecule has 0 saturated carbocycles. The van der Waals surface area contributed by atoms with Crippen LogP contribution >= 0.6 is 0 Å². The molecule has 2 fully saturated rings. The van der Waals surface area contributed by atoms with Gasteiger partial charge in [-0.15, -0.1) is 0 Å². The number of amides is 1. The molecule has 108 valence electrons. The molecule has 4 nitrogen and oxygen atoms in total. The highest BCUT2D eigenvalue weighted by atomic mass is 16.2. The van der Waals surface area contributed by atoms with Gasteiger partial charge in [0.2, 0.25) is 5.91 Å². The van der Waals surface area contributed by atoms with Crippen molar-refractivity contribution >= 4 is 12.0 Å². The van der Waals surface area contributed by atoms with Crippen LogP contribution in [0.15, 0.2) is 35.9 Å². The van der Waals surface area contributed by atoms with E-state index in [0.717, 1.165) is 25.8 Å². The summed E-state index contributed by atoms with van der Waals surface area (Å²) in [4.78, 5) is 14.2. The molecule has 0 aromatic heterocycles. The quantitative estimate of drug-likeness (QED) is 0.901. The van der Waals surface area contributed by atoms with Crippen molar-refractivity contribution < 1.29 is 4.79 Å². The van der Waals surface area contributed by atoms with E-state index in [1.807, 2.05) is 18.2 Å². The summed E-state index contributed by atoms with van der Waals surface area (Å²) in [5.74, 6) is 0.0792. The summed E-state index contributed by atoms with van der Waals surface area (Å²) in [6.45, 7) is 1.46. The number of rotatable bonds is 2. The Balaban J connectivity index is 1.66. The van der Waals surface area contributed by atoms with E-state index < -0.39 is 0 Å². The Bertz CT molecular complexity index is 588. The van der Waals surface area contributed by atoms with Crippen molar-refractivity contribution in [3.05, 3.63) is 41.5 Å². The lowest BCUT2D eigenvalue weighted by Gasteiger charge is -2.22. The number of carbonyl (C=O) groups is 1. The summed E-state index contributed by atoms with van der Waals surface area (Å²) in [7, 11) is 0. The molecule has 0 bridgehead atoms. The molecule has 3 rings (SSSR count). The summed E-state index contributed by atoms with van der Waals surface area (Å²) in [6, 6.07) is 12.0. The minimum atomic E-state index is -0.235. The number of nitriles is 1. The summed E-state index contributed by atoms with van der Waals surface area (Å²) in [5.41, 5.74) is 2.41. The Hall–Kier alpha value is -2.12. The lowest BCUT2D eigenvalue weighted by Crippen LogP contribution is -2.45. The Kier molecular flexibility index (Phi) is 4.03. The van der Waals surface area contributed by atoms with Gasteiger partial charge in [0.15, 0.2) is 0 Å². The highest BCUT2D eigenvalue weighted by Crippen LogP contribution is 2.22. The first-order valence-corrected chi connectivity index (χ1v) is 7.46. The number of hydrogen-bond acceptors (Lipinski definition) is 3. The van der Waals surface area contributed by atoms with Crippen molar-refractivity contribution in [3.63, 3.8) is 0 Å². The zero-order valence-electron chi connectivity index (χ0n) is 12.0. The maximum absolute atomic E-state index is 12.5. The second-order valence-electron chi connectivity index (χ2n) is 5.67. The third-order valence-corrected chi connectivity index (χ3v) is 4.20. The fraction of sp³-hybridized carbons (Fsp3) is 0.412. The largest absolute Gasteiger partial charge is 0.325 e. The molecule has 2 saturated heterocycles. The van der Waals surface area contributed by atoms with Crippen LogP contribution < -0.4 is 5.32 Å². The van der Waals surface area contributed by atoms with E-state index in [1.165, 1.54) is 11.1 Å². The normalized spacial score (nSPS) is 27.0. The van der Waals surface area contributed by atoms with E-state index in [4.69, 9.17) is 5.26 Å². The average molecular weight is 281 g/mol. The van der Waals surface area contributed by atoms with Crippen LogP contribution in [-0.4, -0.2) is 36.0 Å². The third-order valence-electron chi connectivity index (χ3n) is 4.20. The molecular weight excluding hydrogens is 262 g/mol. The van der Waals surface area contributed by atoms with E-state index in [2.05, 4.69) is 29.6 Å². The molecular formula is C17H19N3O. The fourth-order valence-electron chi connectivity index (χ4n) is 3.10. The summed E-state index contributed by atoms with van der Waals surface area (Å²) >= 11 is 0. The van der Waals surface area contributed by atoms with Crippen LogP contribution in [0.4, 0.5) is 0 Å². The summed E-state index contributed by atoms with van der Waals surface area (Å²) < 4.78 is 0. The van der Waals surface area contributed by atoms with Gasteiger partial charge in [-0.1, -0.05) is 42.0 Å². The molecule has 21 heavy (non-hydrogen) atoms. The van der Waals surface area contributed by atoms with E-state index in [-0.39, 0.29) is 18.0 Å². The monoisotopic (exact) mass is 281 g/mol. The number of carbonyl (C=O) groups excluding carboxylic acids is 1. The van der Waals surface area contributed by atoms with Gasteiger partial charge < -0.3 is 10.2 Å². The Morgan fingerprint density at radius 1 is 1.38 bits per heavy atom. The summed E-state index contributed by atoms with van der Waals surface area (Å²) in [5, 5.41) is 12.4. The molecule has 0 radical (unpaired) electrons. The minimum absolute atomic E-state index is 0.0792. The topological polar surface area (TPSA) is 56.1 Å². The van der Waals surface area contributed by atoms with Crippen molar-refractivity contribution in [2.75, 3.05) is 13.1 Å². The van der Waals surface area contributed by atoms with Crippen LogP contribution in [0.25, 0.3) is 6.08 Å². The number of hydrogen-bond donors (Lipinski definition) is 1. The number of nitrogens with zero attached hydrogens (tertiary/aromatic N) is 2. The Morgan fingerprint density at radius 2 is 2.19 bits per heavy atom. The standard InChI is InChI=1S/C17H19N3O/c18-11-15-7-4-8-20(15)17(21)16-10-14(12-19-16)9-13-5-2-1-3-6-13/h1-3,5-6,9,15-16,19H,4,7-8,10,12H2/t15-,16-/m0/s1. The van der Waals surface area contributed by atoms with Crippen LogP contribution in [0.5, 0.6) is 0 Å². The van der Waals surface area contributed by atoms with Gasteiger partial charge in [0.25, 0.3) is 0 Å². The van der Waals surface area contributed by atoms with Crippen LogP contribution in [0.1, 0.15) is 24.8 Å². The van der Waals surface area contributed by atoms with Gasteiger partial charge in [-0.05, 0) is 24.8 Å². The van der Waals surface area contributed by atoms with Gasteiger partial charge in [-0.3, -0.25) is 4.79 Å². The maximum atomic E-state index is 12.5. The zero-order valence-corrected chi connectivity index (χ0v) is 12.0. The maximum Gasteiger partial charge on any atom is 0.241 e. The highest BCUT2D eigenvalue weighted by molar-refractivity contribution is 5.84. The van der Waals surface area contributed by atoms with Crippen LogP contribution in [0.3, 0.4) is 0 Å². The molecule has 1 aromatic carbocycles. The van der Waals surface area contributed by atoms with Gasteiger partial charge >= 0.3 is 0 Å². The molecule has 0 spiro atoms. The predicted octanol–water partition coefficient (Wildman–Crippen LogP) is 1.95. The van der Waals surface area contributed by atoms with Crippen LogP contribution in [0.2, 0.25) is 0 Å². The van der Waals surface area contributed by atoms with E-state index in [9.17, 15) is 4.79 Å². The minimum Gasteiger partial charge on any atom is -0.325 e. The molecule has 2 atom stereocenters. The molecule has 0 aliphatic carbocycles. The lowest BCUT2D eigenvalue weighted by molar-refractivity contribution is -0.132. The molecule has 2 heterocycles. The zero-order chi connectivity index (χ0) is 14.7. The van der Waals surface area contributed by atoms with Crippen molar-refractivity contribution in [3.8, 4) is 6.07 Å². The SMILES string of the molecule is N#C[C@@H]1CCCN1C(=O)[C@@H]1CC(=Cc2ccccc2)CN1. The van der Waals surface area contributed by atoms with E-state index in [0.29, 0.717) is 6.54 Å². The van der Waals surface area contributed by atoms with Crippen molar-refractivity contribution in [1.29, 1.82) is 5.26 Å². The van der Waals surface area contributed by atoms with Crippen LogP contribution in [0, 0.1) is 11.3 Å². The second-order valence-corrected chi connectivity index (χ2v) is 5.67. The number of likely N-dealkylation sites (tertiary alicyclic amines) is 1. The van der Waals surface area contributed by atoms with Crippen LogP contribution in [-0.2, 0) is 4.79 Å².